The van der Waals surface area contributed by atoms with Crippen LogP contribution in [0, 0.1) is 6.92 Å². The van der Waals surface area contributed by atoms with Crippen LogP contribution in [0.3, 0.4) is 0 Å². The predicted octanol–water partition coefficient (Wildman–Crippen LogP) is 3.54. The molecular formula is C21H23N3O4. The fraction of sp³-hybridized carbons (Fsp3) is 0.238. The zero-order chi connectivity index (χ0) is 19.9. The van der Waals surface area contributed by atoms with Gasteiger partial charge >= 0.3 is 0 Å². The molecule has 1 N–H and O–H groups in total. The normalized spacial score (nSPS) is 10.4. The Morgan fingerprint density at radius 3 is 2.46 bits per heavy atom. The van der Waals surface area contributed by atoms with Crippen LogP contribution in [-0.4, -0.2) is 36.3 Å². The van der Waals surface area contributed by atoms with E-state index < -0.39 is 0 Å². The number of benzene rings is 2. The summed E-state index contributed by atoms with van der Waals surface area (Å²) < 4.78 is 18.5. The van der Waals surface area contributed by atoms with Gasteiger partial charge in [0.1, 0.15) is 23.9 Å². The topological polar surface area (TPSA) is 74.6 Å². The van der Waals surface area contributed by atoms with E-state index >= 15 is 0 Å². The average molecular weight is 381 g/mol. The summed E-state index contributed by atoms with van der Waals surface area (Å²) >= 11 is 0. The van der Waals surface area contributed by atoms with Gasteiger partial charge in [0.05, 0.1) is 32.8 Å². The molecule has 0 aliphatic heterocycles. The number of ether oxygens (including phenoxy) is 3. The summed E-state index contributed by atoms with van der Waals surface area (Å²) in [7, 11) is 3.12. The molecule has 0 fully saturated rings. The van der Waals surface area contributed by atoms with Gasteiger partial charge in [-0.2, -0.15) is 0 Å². The van der Waals surface area contributed by atoms with Gasteiger partial charge in [0.15, 0.2) is 0 Å². The van der Waals surface area contributed by atoms with E-state index in [9.17, 15) is 4.79 Å². The van der Waals surface area contributed by atoms with Gasteiger partial charge in [0.2, 0.25) is 0 Å². The molecule has 0 unspecified atom stereocenters. The Hall–Kier alpha value is -3.48. The van der Waals surface area contributed by atoms with Crippen molar-refractivity contribution < 1.29 is 19.0 Å². The minimum Gasteiger partial charge on any atom is -0.496 e. The monoisotopic (exact) mass is 381 g/mol. The molecule has 0 aliphatic carbocycles. The highest BCUT2D eigenvalue weighted by atomic mass is 16.5. The molecule has 0 atom stereocenters. The fourth-order valence-electron chi connectivity index (χ4n) is 2.79. The van der Waals surface area contributed by atoms with Crippen molar-refractivity contribution in [2.45, 2.75) is 13.5 Å². The van der Waals surface area contributed by atoms with Crippen LogP contribution in [-0.2, 0) is 6.54 Å². The van der Waals surface area contributed by atoms with Crippen LogP contribution < -0.4 is 19.5 Å². The average Bonchev–Trinajstić information content (AvgIpc) is 3.23. The van der Waals surface area contributed by atoms with Gasteiger partial charge < -0.3 is 24.1 Å². The maximum absolute atomic E-state index is 12.8. The molecule has 146 valence electrons. The molecule has 0 radical (unpaired) electrons. The molecule has 1 heterocycles. The molecule has 0 saturated heterocycles. The molecule has 0 aliphatic rings. The lowest BCUT2D eigenvalue weighted by Crippen LogP contribution is -2.14. The molecule has 28 heavy (non-hydrogen) atoms. The maximum atomic E-state index is 12.8. The summed E-state index contributed by atoms with van der Waals surface area (Å²) in [5.41, 5.74) is 1.87. The standard InChI is InChI=1S/C21H23N3O4/c1-15-19(26-2)12-16(13-20(15)27-3)21(25)23-17-6-4-5-7-18(17)28-11-10-24-9-8-22-14-24/h4-9,12-14H,10-11H2,1-3H3,(H,23,25). The quantitative estimate of drug-likeness (QED) is 0.646. The molecule has 3 aromatic rings. The molecule has 3 rings (SSSR count). The lowest BCUT2D eigenvalue weighted by molar-refractivity contribution is 0.102. The number of nitrogens with one attached hydrogen (secondary N) is 1. The van der Waals surface area contributed by atoms with Crippen LogP contribution in [0.5, 0.6) is 17.2 Å². The Labute approximate surface area is 163 Å². The highest BCUT2D eigenvalue weighted by molar-refractivity contribution is 6.05. The number of hydrogen-bond acceptors (Lipinski definition) is 5. The number of hydrogen-bond donors (Lipinski definition) is 1. The predicted molar refractivity (Wildman–Crippen MR) is 106 cm³/mol. The van der Waals surface area contributed by atoms with E-state index in [-0.39, 0.29) is 5.91 Å². The Kier molecular flexibility index (Phi) is 6.16. The number of amides is 1. The summed E-state index contributed by atoms with van der Waals surface area (Å²) in [4.78, 5) is 16.8. The zero-order valence-electron chi connectivity index (χ0n) is 16.1. The SMILES string of the molecule is COc1cc(C(=O)Nc2ccccc2OCCn2ccnc2)cc(OC)c1C. The van der Waals surface area contributed by atoms with Crippen molar-refractivity contribution in [1.82, 2.24) is 9.55 Å². The van der Waals surface area contributed by atoms with E-state index in [0.717, 1.165) is 5.56 Å². The van der Waals surface area contributed by atoms with Gasteiger partial charge in [-0.1, -0.05) is 12.1 Å². The number of rotatable bonds is 8. The number of para-hydroxylation sites is 2. The summed E-state index contributed by atoms with van der Waals surface area (Å²) in [5.74, 6) is 1.51. The first-order valence-corrected chi connectivity index (χ1v) is 8.84. The summed E-state index contributed by atoms with van der Waals surface area (Å²) in [6, 6.07) is 10.7. The van der Waals surface area contributed by atoms with E-state index in [1.54, 1.807) is 44.9 Å². The summed E-state index contributed by atoms with van der Waals surface area (Å²) in [6.45, 7) is 2.99. The lowest BCUT2D eigenvalue weighted by atomic mass is 10.1. The fourth-order valence-corrected chi connectivity index (χ4v) is 2.79. The highest BCUT2D eigenvalue weighted by Crippen LogP contribution is 2.30. The molecule has 1 aromatic heterocycles. The Morgan fingerprint density at radius 1 is 1.11 bits per heavy atom. The van der Waals surface area contributed by atoms with Gasteiger partial charge in [-0.25, -0.2) is 4.98 Å². The largest absolute Gasteiger partial charge is 0.496 e. The molecule has 2 aromatic carbocycles. The number of methoxy groups -OCH3 is 2. The summed E-state index contributed by atoms with van der Waals surface area (Å²) in [5, 5.41) is 2.90. The van der Waals surface area contributed by atoms with E-state index in [1.165, 1.54) is 0 Å². The van der Waals surface area contributed by atoms with Gasteiger partial charge in [-0.05, 0) is 31.2 Å². The third kappa shape index (κ3) is 4.43. The van der Waals surface area contributed by atoms with Crippen molar-refractivity contribution in [1.29, 1.82) is 0 Å². The van der Waals surface area contributed by atoms with Crippen LogP contribution in [0.1, 0.15) is 15.9 Å². The second kappa shape index (κ2) is 8.94. The molecule has 7 heteroatoms. The van der Waals surface area contributed by atoms with Crippen molar-refractivity contribution in [2.24, 2.45) is 0 Å². The lowest BCUT2D eigenvalue weighted by Gasteiger charge is -2.15. The number of carbonyl (C=O) groups is 1. The smallest absolute Gasteiger partial charge is 0.256 e. The first-order chi connectivity index (χ1) is 13.6. The van der Waals surface area contributed by atoms with Crippen LogP contribution >= 0.6 is 0 Å². The third-order valence-electron chi connectivity index (χ3n) is 4.32. The highest BCUT2D eigenvalue weighted by Gasteiger charge is 2.15. The van der Waals surface area contributed by atoms with Crippen molar-refractivity contribution >= 4 is 11.6 Å². The molecular weight excluding hydrogens is 358 g/mol. The van der Waals surface area contributed by atoms with Crippen molar-refractivity contribution in [3.8, 4) is 17.2 Å². The van der Waals surface area contributed by atoms with Crippen molar-refractivity contribution in [3.05, 3.63) is 66.2 Å². The zero-order valence-corrected chi connectivity index (χ0v) is 16.1. The van der Waals surface area contributed by atoms with Gasteiger partial charge in [-0.3, -0.25) is 4.79 Å². The Bertz CT molecular complexity index is 914. The first kappa shape index (κ1) is 19.3. The van der Waals surface area contributed by atoms with E-state index in [0.29, 0.717) is 41.7 Å². The third-order valence-corrected chi connectivity index (χ3v) is 4.32. The van der Waals surface area contributed by atoms with Gasteiger partial charge in [0.25, 0.3) is 5.91 Å². The molecule has 7 nitrogen and oxygen atoms in total. The number of aromatic nitrogens is 2. The minimum atomic E-state index is -0.276. The number of carbonyl (C=O) groups excluding carboxylic acids is 1. The number of anilines is 1. The second-order valence-corrected chi connectivity index (χ2v) is 6.11. The van der Waals surface area contributed by atoms with Gasteiger partial charge in [-0.15, -0.1) is 0 Å². The van der Waals surface area contributed by atoms with Crippen molar-refractivity contribution in [3.63, 3.8) is 0 Å². The van der Waals surface area contributed by atoms with Crippen LogP contribution in [0.4, 0.5) is 5.69 Å². The first-order valence-electron chi connectivity index (χ1n) is 8.84. The van der Waals surface area contributed by atoms with E-state index in [4.69, 9.17) is 14.2 Å². The number of nitrogens with zero attached hydrogens (tertiary/aromatic N) is 2. The van der Waals surface area contributed by atoms with Crippen molar-refractivity contribution in [2.75, 3.05) is 26.1 Å². The van der Waals surface area contributed by atoms with E-state index in [1.807, 2.05) is 35.9 Å². The minimum absolute atomic E-state index is 0.276. The van der Waals surface area contributed by atoms with E-state index in [2.05, 4.69) is 10.3 Å². The van der Waals surface area contributed by atoms with Crippen LogP contribution in [0.25, 0.3) is 0 Å². The van der Waals surface area contributed by atoms with Crippen LogP contribution in [0.2, 0.25) is 0 Å². The number of imidazole rings is 1. The Morgan fingerprint density at radius 2 is 1.82 bits per heavy atom. The van der Waals surface area contributed by atoms with Crippen LogP contribution in [0.15, 0.2) is 55.1 Å². The molecule has 0 bridgehead atoms. The Balaban J connectivity index is 1.73. The van der Waals surface area contributed by atoms with Gasteiger partial charge in [0, 0.05) is 23.5 Å². The molecule has 0 saturated carbocycles. The molecule has 1 amide bonds. The maximum Gasteiger partial charge on any atom is 0.256 e. The second-order valence-electron chi connectivity index (χ2n) is 6.11. The summed E-state index contributed by atoms with van der Waals surface area (Å²) in [6.07, 6.45) is 5.32. The molecule has 0 spiro atoms.